The minimum absolute atomic E-state index is 0.124. The molecule has 0 aliphatic heterocycles. The van der Waals surface area contributed by atoms with E-state index in [1.165, 1.54) is 6.07 Å². The molecular formula is C23H16F2N2O2S. The SMILES string of the molecule is CC(Sc1nc2ccccc2c(=O)n1-c1ccc(F)cc1F)C(=O)c1ccccc1. The van der Waals surface area contributed by atoms with Crippen LogP contribution in [-0.4, -0.2) is 20.6 Å². The van der Waals surface area contributed by atoms with Crippen LogP contribution in [0, 0.1) is 11.6 Å². The molecule has 30 heavy (non-hydrogen) atoms. The second kappa shape index (κ2) is 8.20. The van der Waals surface area contributed by atoms with Crippen molar-refractivity contribution in [3.63, 3.8) is 0 Å². The van der Waals surface area contributed by atoms with E-state index in [1.807, 2.05) is 6.07 Å². The molecule has 3 aromatic carbocycles. The van der Waals surface area contributed by atoms with Gasteiger partial charge in [0.15, 0.2) is 10.9 Å². The number of carbonyl (C=O) groups excluding carboxylic acids is 1. The summed E-state index contributed by atoms with van der Waals surface area (Å²) in [5, 5.41) is -0.135. The maximum atomic E-state index is 14.6. The van der Waals surface area contributed by atoms with Gasteiger partial charge in [-0.05, 0) is 31.2 Å². The lowest BCUT2D eigenvalue weighted by Gasteiger charge is -2.16. The number of thioether (sulfide) groups is 1. The number of ketones is 1. The third kappa shape index (κ3) is 3.76. The Hall–Kier alpha value is -3.32. The Kier molecular flexibility index (Phi) is 5.46. The van der Waals surface area contributed by atoms with Crippen molar-refractivity contribution in [1.82, 2.24) is 9.55 Å². The zero-order valence-electron chi connectivity index (χ0n) is 15.9. The lowest BCUT2D eigenvalue weighted by molar-refractivity contribution is 0.0994. The van der Waals surface area contributed by atoms with Crippen molar-refractivity contribution in [3.05, 3.63) is 100 Å². The number of hydrogen-bond donors (Lipinski definition) is 0. The predicted octanol–water partition coefficient (Wildman–Crippen LogP) is 5.03. The Bertz CT molecular complexity index is 1310. The van der Waals surface area contributed by atoms with Crippen LogP contribution in [0.2, 0.25) is 0 Å². The molecule has 0 fully saturated rings. The van der Waals surface area contributed by atoms with E-state index in [0.717, 1.165) is 22.4 Å². The quantitative estimate of drug-likeness (QED) is 0.257. The van der Waals surface area contributed by atoms with Gasteiger partial charge < -0.3 is 0 Å². The van der Waals surface area contributed by atoms with Crippen LogP contribution in [0.25, 0.3) is 16.6 Å². The fourth-order valence-electron chi connectivity index (χ4n) is 3.12. The minimum Gasteiger partial charge on any atom is -0.293 e. The van der Waals surface area contributed by atoms with Gasteiger partial charge in [-0.1, -0.05) is 54.2 Å². The molecular weight excluding hydrogens is 406 g/mol. The number of carbonyl (C=O) groups is 1. The van der Waals surface area contributed by atoms with Gasteiger partial charge in [-0.25, -0.2) is 13.8 Å². The molecule has 0 spiro atoms. The molecule has 7 heteroatoms. The first-order valence-corrected chi connectivity index (χ1v) is 10.1. The minimum atomic E-state index is -0.891. The number of aromatic nitrogens is 2. The van der Waals surface area contributed by atoms with Gasteiger partial charge in [0.05, 0.1) is 21.8 Å². The Labute approximate surface area is 175 Å². The number of hydrogen-bond acceptors (Lipinski definition) is 4. The van der Waals surface area contributed by atoms with Gasteiger partial charge in [0.25, 0.3) is 5.56 Å². The van der Waals surface area contributed by atoms with Crippen molar-refractivity contribution in [1.29, 1.82) is 0 Å². The molecule has 0 amide bonds. The highest BCUT2D eigenvalue weighted by Crippen LogP contribution is 2.28. The summed E-state index contributed by atoms with van der Waals surface area (Å²) in [6.45, 7) is 1.70. The van der Waals surface area contributed by atoms with E-state index in [2.05, 4.69) is 4.98 Å². The molecule has 0 bridgehead atoms. The number of benzene rings is 3. The van der Waals surface area contributed by atoms with Gasteiger partial charge in [-0.3, -0.25) is 14.2 Å². The summed E-state index contributed by atoms with van der Waals surface area (Å²) in [4.78, 5) is 30.5. The van der Waals surface area contributed by atoms with Gasteiger partial charge in [-0.15, -0.1) is 0 Å². The van der Waals surface area contributed by atoms with E-state index in [1.54, 1.807) is 55.5 Å². The van der Waals surface area contributed by atoms with E-state index in [4.69, 9.17) is 0 Å². The van der Waals surface area contributed by atoms with Crippen LogP contribution >= 0.6 is 11.8 Å². The standard InChI is InChI=1S/C23H16F2N2O2S/c1-14(21(28)15-7-3-2-4-8-15)30-23-26-19-10-6-5-9-17(19)22(29)27(23)20-12-11-16(24)13-18(20)25/h2-14H,1H3. The van der Waals surface area contributed by atoms with Crippen molar-refractivity contribution < 1.29 is 13.6 Å². The molecule has 1 aromatic heterocycles. The molecule has 0 radical (unpaired) electrons. The molecule has 0 aliphatic carbocycles. The Morgan fingerprint density at radius 1 is 1.00 bits per heavy atom. The maximum Gasteiger partial charge on any atom is 0.266 e. The topological polar surface area (TPSA) is 52.0 Å². The highest BCUT2D eigenvalue weighted by Gasteiger charge is 2.22. The van der Waals surface area contributed by atoms with E-state index in [9.17, 15) is 18.4 Å². The van der Waals surface area contributed by atoms with Crippen LogP contribution in [0.1, 0.15) is 17.3 Å². The number of para-hydroxylation sites is 1. The fraction of sp³-hybridized carbons (Fsp3) is 0.0870. The van der Waals surface area contributed by atoms with Crippen molar-refractivity contribution in [3.8, 4) is 5.69 Å². The first-order chi connectivity index (χ1) is 14.5. The molecule has 4 nitrogen and oxygen atoms in total. The van der Waals surface area contributed by atoms with Crippen LogP contribution in [0.4, 0.5) is 8.78 Å². The van der Waals surface area contributed by atoms with Crippen molar-refractivity contribution in [2.45, 2.75) is 17.3 Å². The lowest BCUT2D eigenvalue weighted by Crippen LogP contribution is -2.24. The average molecular weight is 422 g/mol. The van der Waals surface area contributed by atoms with E-state index in [-0.39, 0.29) is 16.6 Å². The Morgan fingerprint density at radius 2 is 1.70 bits per heavy atom. The summed E-state index contributed by atoms with van der Waals surface area (Å²) >= 11 is 1.05. The number of rotatable bonds is 5. The van der Waals surface area contributed by atoms with Crippen molar-refractivity contribution >= 4 is 28.4 Å². The maximum absolute atomic E-state index is 14.6. The van der Waals surface area contributed by atoms with Crippen LogP contribution in [-0.2, 0) is 0 Å². The monoisotopic (exact) mass is 422 g/mol. The first-order valence-electron chi connectivity index (χ1n) is 9.19. The molecule has 1 heterocycles. The predicted molar refractivity (Wildman–Crippen MR) is 113 cm³/mol. The first kappa shape index (κ1) is 20.0. The van der Waals surface area contributed by atoms with Crippen molar-refractivity contribution in [2.24, 2.45) is 0 Å². The molecule has 4 rings (SSSR count). The number of nitrogens with zero attached hydrogens (tertiary/aromatic N) is 2. The molecule has 0 saturated heterocycles. The van der Waals surface area contributed by atoms with Crippen LogP contribution in [0.3, 0.4) is 0 Å². The second-order valence-electron chi connectivity index (χ2n) is 6.64. The number of fused-ring (bicyclic) bond motifs is 1. The van der Waals surface area contributed by atoms with Crippen LogP contribution in [0.15, 0.2) is 82.7 Å². The Morgan fingerprint density at radius 3 is 2.43 bits per heavy atom. The smallest absolute Gasteiger partial charge is 0.266 e. The summed E-state index contributed by atoms with van der Waals surface area (Å²) in [6, 6.07) is 18.4. The summed E-state index contributed by atoms with van der Waals surface area (Å²) < 4.78 is 29.1. The molecule has 1 unspecified atom stereocenters. The largest absolute Gasteiger partial charge is 0.293 e. The highest BCUT2D eigenvalue weighted by molar-refractivity contribution is 8.00. The number of halogens is 2. The summed E-state index contributed by atoms with van der Waals surface area (Å²) in [7, 11) is 0. The molecule has 0 aliphatic rings. The van der Waals surface area contributed by atoms with E-state index in [0.29, 0.717) is 22.5 Å². The van der Waals surface area contributed by atoms with Gasteiger partial charge >= 0.3 is 0 Å². The van der Waals surface area contributed by atoms with E-state index >= 15 is 0 Å². The summed E-state index contributed by atoms with van der Waals surface area (Å²) in [5.74, 6) is -1.79. The zero-order chi connectivity index (χ0) is 21.3. The zero-order valence-corrected chi connectivity index (χ0v) is 16.7. The Balaban J connectivity index is 1.86. The normalized spacial score (nSPS) is 12.1. The van der Waals surface area contributed by atoms with Gasteiger partial charge in [0.1, 0.15) is 11.6 Å². The van der Waals surface area contributed by atoms with Crippen LogP contribution < -0.4 is 5.56 Å². The summed E-state index contributed by atoms with van der Waals surface area (Å²) in [6.07, 6.45) is 0. The second-order valence-corrected chi connectivity index (χ2v) is 7.95. The van der Waals surface area contributed by atoms with Crippen LogP contribution in [0.5, 0.6) is 0 Å². The molecule has 4 aromatic rings. The average Bonchev–Trinajstić information content (AvgIpc) is 2.75. The number of Topliss-reactive ketones (excluding diaryl/α,β-unsaturated/α-hetero) is 1. The van der Waals surface area contributed by atoms with Gasteiger partial charge in [0, 0.05) is 11.6 Å². The molecule has 0 saturated carbocycles. The molecule has 0 N–H and O–H groups in total. The fourth-order valence-corrected chi connectivity index (χ4v) is 4.11. The summed E-state index contributed by atoms with van der Waals surface area (Å²) in [5.41, 5.74) is 0.345. The third-order valence-corrected chi connectivity index (χ3v) is 5.66. The molecule has 150 valence electrons. The third-order valence-electron chi connectivity index (χ3n) is 4.61. The van der Waals surface area contributed by atoms with E-state index < -0.39 is 22.4 Å². The lowest BCUT2D eigenvalue weighted by atomic mass is 10.1. The van der Waals surface area contributed by atoms with Gasteiger partial charge in [-0.2, -0.15) is 0 Å². The van der Waals surface area contributed by atoms with Crippen molar-refractivity contribution in [2.75, 3.05) is 0 Å². The molecule has 1 atom stereocenters. The van der Waals surface area contributed by atoms with Gasteiger partial charge in [0.2, 0.25) is 0 Å². The highest BCUT2D eigenvalue weighted by atomic mass is 32.2.